The molecule has 1 saturated heterocycles. The van der Waals surface area contributed by atoms with E-state index in [0.29, 0.717) is 5.69 Å². The molecule has 1 heterocycles. The summed E-state index contributed by atoms with van der Waals surface area (Å²) in [6.07, 6.45) is 0.461. The Bertz CT molecular complexity index is 482. The zero-order valence-electron chi connectivity index (χ0n) is 9.52. The molecule has 0 bridgehead atoms. The van der Waals surface area contributed by atoms with E-state index in [-0.39, 0.29) is 30.8 Å². The minimum Gasteiger partial charge on any atom is -0.399 e. The van der Waals surface area contributed by atoms with Crippen LogP contribution in [0.5, 0.6) is 0 Å². The van der Waals surface area contributed by atoms with E-state index in [1.165, 1.54) is 0 Å². The third-order valence-corrected chi connectivity index (χ3v) is 4.88. The predicted octanol–water partition coefficient (Wildman–Crippen LogP) is 1.73. The highest BCUT2D eigenvalue weighted by Crippen LogP contribution is 2.31. The first kappa shape index (κ1) is 12.4. The van der Waals surface area contributed by atoms with Gasteiger partial charge in [0.05, 0.1) is 11.5 Å². The van der Waals surface area contributed by atoms with Crippen molar-refractivity contribution in [1.29, 1.82) is 0 Å². The lowest BCUT2D eigenvalue weighted by atomic mass is 9.91. The molecule has 0 amide bonds. The lowest BCUT2D eigenvalue weighted by molar-refractivity contribution is 0.147. The Hall–Kier alpha value is -1.10. The quantitative estimate of drug-likeness (QED) is 0.821. The van der Waals surface area contributed by atoms with Crippen LogP contribution in [0.4, 0.5) is 10.1 Å². The monoisotopic (exact) mass is 257 g/mol. The number of halogens is 1. The van der Waals surface area contributed by atoms with Crippen LogP contribution in [-0.4, -0.2) is 25.6 Å². The van der Waals surface area contributed by atoms with Gasteiger partial charge in [0.25, 0.3) is 0 Å². The molecule has 0 radical (unpaired) electrons. The minimum atomic E-state index is -3.01. The summed E-state index contributed by atoms with van der Waals surface area (Å²) in [7, 11) is -3.01. The lowest BCUT2D eigenvalue weighted by Crippen LogP contribution is -2.37. The molecule has 5 heteroatoms. The molecule has 0 unspecified atom stereocenters. The first-order valence-corrected chi connectivity index (χ1v) is 7.45. The third kappa shape index (κ3) is 3.19. The molecule has 0 aliphatic carbocycles. The molecule has 0 spiro atoms. The number of nitrogen functional groups attached to an aromatic ring is 1. The maximum absolute atomic E-state index is 14.4. The first-order chi connectivity index (χ1) is 7.89. The van der Waals surface area contributed by atoms with Crippen molar-refractivity contribution in [3.63, 3.8) is 0 Å². The lowest BCUT2D eigenvalue weighted by Gasteiger charge is -2.29. The highest BCUT2D eigenvalue weighted by Gasteiger charge is 2.37. The molecule has 3 nitrogen and oxygen atoms in total. The SMILES string of the molecule is Nc1ccc(CC2(F)CCS(=O)(=O)CC2)cc1. The molecule has 2 rings (SSSR count). The Labute approximate surface area is 101 Å². The van der Waals surface area contributed by atoms with Crippen molar-refractivity contribution in [2.45, 2.75) is 24.9 Å². The molecule has 1 aromatic rings. The van der Waals surface area contributed by atoms with Crippen LogP contribution in [0.25, 0.3) is 0 Å². The summed E-state index contributed by atoms with van der Waals surface area (Å²) in [5, 5.41) is 0. The topological polar surface area (TPSA) is 60.2 Å². The van der Waals surface area contributed by atoms with Crippen molar-refractivity contribution >= 4 is 15.5 Å². The highest BCUT2D eigenvalue weighted by atomic mass is 32.2. The molecule has 2 N–H and O–H groups in total. The molecule has 1 aromatic carbocycles. The fourth-order valence-electron chi connectivity index (χ4n) is 2.08. The van der Waals surface area contributed by atoms with E-state index in [9.17, 15) is 12.8 Å². The maximum Gasteiger partial charge on any atom is 0.150 e. The van der Waals surface area contributed by atoms with E-state index in [2.05, 4.69) is 0 Å². The summed E-state index contributed by atoms with van der Waals surface area (Å²) >= 11 is 0. The van der Waals surface area contributed by atoms with Gasteiger partial charge in [-0.1, -0.05) is 12.1 Å². The van der Waals surface area contributed by atoms with E-state index in [1.807, 2.05) is 0 Å². The number of rotatable bonds is 2. The van der Waals surface area contributed by atoms with Crippen LogP contribution >= 0.6 is 0 Å². The molecule has 1 aliphatic rings. The van der Waals surface area contributed by atoms with Crippen molar-refractivity contribution in [2.24, 2.45) is 0 Å². The van der Waals surface area contributed by atoms with Crippen LogP contribution in [-0.2, 0) is 16.3 Å². The zero-order valence-corrected chi connectivity index (χ0v) is 10.3. The average molecular weight is 257 g/mol. The number of alkyl halides is 1. The second-order valence-corrected chi connectivity index (χ2v) is 7.02. The van der Waals surface area contributed by atoms with E-state index >= 15 is 0 Å². The number of anilines is 1. The van der Waals surface area contributed by atoms with Crippen LogP contribution in [0.1, 0.15) is 18.4 Å². The van der Waals surface area contributed by atoms with Crippen LogP contribution in [0, 0.1) is 0 Å². The van der Waals surface area contributed by atoms with Gasteiger partial charge in [-0.2, -0.15) is 0 Å². The highest BCUT2D eigenvalue weighted by molar-refractivity contribution is 7.91. The summed E-state index contributed by atoms with van der Waals surface area (Å²) in [5.74, 6) is -0.0864. The van der Waals surface area contributed by atoms with Gasteiger partial charge in [-0.25, -0.2) is 12.8 Å². The Morgan fingerprint density at radius 3 is 2.24 bits per heavy atom. The summed E-state index contributed by atoms with van der Waals surface area (Å²) in [5.41, 5.74) is 5.68. The first-order valence-electron chi connectivity index (χ1n) is 5.62. The average Bonchev–Trinajstić information content (AvgIpc) is 2.27. The second kappa shape index (κ2) is 4.29. The van der Waals surface area contributed by atoms with Gasteiger partial charge in [-0.05, 0) is 30.5 Å². The van der Waals surface area contributed by atoms with Crippen molar-refractivity contribution in [3.8, 4) is 0 Å². The van der Waals surface area contributed by atoms with Crippen LogP contribution in [0.2, 0.25) is 0 Å². The molecule has 94 valence electrons. The number of sulfone groups is 1. The smallest absolute Gasteiger partial charge is 0.150 e. The summed E-state index contributed by atoms with van der Waals surface area (Å²) in [4.78, 5) is 0. The van der Waals surface area contributed by atoms with Gasteiger partial charge >= 0.3 is 0 Å². The van der Waals surface area contributed by atoms with Crippen LogP contribution in [0.15, 0.2) is 24.3 Å². The van der Waals surface area contributed by atoms with Crippen molar-refractivity contribution < 1.29 is 12.8 Å². The van der Waals surface area contributed by atoms with E-state index in [4.69, 9.17) is 5.73 Å². The number of benzene rings is 1. The third-order valence-electron chi connectivity index (χ3n) is 3.22. The number of hydrogen-bond donors (Lipinski definition) is 1. The Kier molecular flexibility index (Phi) is 3.12. The molecular weight excluding hydrogens is 241 g/mol. The van der Waals surface area contributed by atoms with Gasteiger partial charge in [0, 0.05) is 12.1 Å². The normalized spacial score (nSPS) is 22.2. The van der Waals surface area contributed by atoms with Gasteiger partial charge in [0.1, 0.15) is 5.67 Å². The Morgan fingerprint density at radius 1 is 1.18 bits per heavy atom. The fraction of sp³-hybridized carbons (Fsp3) is 0.500. The van der Waals surface area contributed by atoms with E-state index in [1.54, 1.807) is 24.3 Å². The molecule has 0 atom stereocenters. The van der Waals surface area contributed by atoms with Gasteiger partial charge < -0.3 is 5.73 Å². The van der Waals surface area contributed by atoms with Crippen molar-refractivity contribution in [3.05, 3.63) is 29.8 Å². The van der Waals surface area contributed by atoms with Crippen LogP contribution < -0.4 is 5.73 Å². The standard InChI is InChI=1S/C12H16FNO2S/c13-12(5-7-17(15,16)8-6-12)9-10-1-3-11(14)4-2-10/h1-4H,5-9,14H2. The van der Waals surface area contributed by atoms with E-state index in [0.717, 1.165) is 5.56 Å². The molecule has 0 saturated carbocycles. The van der Waals surface area contributed by atoms with Gasteiger partial charge in [-0.3, -0.25) is 0 Å². The van der Waals surface area contributed by atoms with Crippen LogP contribution in [0.3, 0.4) is 0 Å². The Morgan fingerprint density at radius 2 is 1.71 bits per heavy atom. The molecule has 1 aliphatic heterocycles. The number of nitrogens with two attached hydrogens (primary N) is 1. The fourth-order valence-corrected chi connectivity index (χ4v) is 3.64. The molecule has 0 aromatic heterocycles. The van der Waals surface area contributed by atoms with Gasteiger partial charge in [0.15, 0.2) is 9.84 Å². The minimum absolute atomic E-state index is 0.0432. The Balaban J connectivity index is 2.06. The summed E-state index contributed by atoms with van der Waals surface area (Å²) in [6, 6.07) is 7.05. The molecule has 17 heavy (non-hydrogen) atoms. The second-order valence-electron chi connectivity index (χ2n) is 4.72. The van der Waals surface area contributed by atoms with Gasteiger partial charge in [0.2, 0.25) is 0 Å². The predicted molar refractivity (Wildman–Crippen MR) is 66.3 cm³/mol. The summed E-state index contributed by atoms with van der Waals surface area (Å²) in [6.45, 7) is 0. The molecular formula is C12H16FNO2S. The summed E-state index contributed by atoms with van der Waals surface area (Å²) < 4.78 is 36.9. The van der Waals surface area contributed by atoms with E-state index < -0.39 is 15.5 Å². The van der Waals surface area contributed by atoms with Gasteiger partial charge in [-0.15, -0.1) is 0 Å². The molecule has 1 fully saturated rings. The van der Waals surface area contributed by atoms with Crippen molar-refractivity contribution in [2.75, 3.05) is 17.2 Å². The zero-order chi connectivity index (χ0) is 12.5. The number of hydrogen-bond acceptors (Lipinski definition) is 3. The van der Waals surface area contributed by atoms with Crippen molar-refractivity contribution in [1.82, 2.24) is 0 Å². The maximum atomic E-state index is 14.4. The largest absolute Gasteiger partial charge is 0.399 e.